The van der Waals surface area contributed by atoms with Crippen molar-refractivity contribution in [1.29, 1.82) is 0 Å². The van der Waals surface area contributed by atoms with Crippen LogP contribution in [0, 0.1) is 0 Å². The summed E-state index contributed by atoms with van der Waals surface area (Å²) in [5.74, 6) is -0.346. The molecule has 4 rings (SSSR count). The van der Waals surface area contributed by atoms with Gasteiger partial charge < -0.3 is 26.4 Å². The molecule has 3 amide bonds. The van der Waals surface area contributed by atoms with Gasteiger partial charge in [0.2, 0.25) is 0 Å². The van der Waals surface area contributed by atoms with Gasteiger partial charge in [-0.3, -0.25) is 14.7 Å². The van der Waals surface area contributed by atoms with Crippen LogP contribution < -0.4 is 21.7 Å². The SMILES string of the molecule is Nc1ccccc1NC(=O)c1ccc(C(CCCN2CCOCC2)NC(=O)Nc2ccsc2)cn1. The normalized spacial score (nSPS) is 14.7. The van der Waals surface area contributed by atoms with E-state index in [1.807, 2.05) is 22.9 Å². The molecule has 0 aliphatic carbocycles. The van der Waals surface area contributed by atoms with Crippen molar-refractivity contribution in [3.05, 3.63) is 70.7 Å². The summed E-state index contributed by atoms with van der Waals surface area (Å²) in [5, 5.41) is 12.5. The van der Waals surface area contributed by atoms with Gasteiger partial charge in [0.15, 0.2) is 0 Å². The van der Waals surface area contributed by atoms with E-state index in [2.05, 4.69) is 25.8 Å². The maximum absolute atomic E-state index is 12.6. The van der Waals surface area contributed by atoms with Crippen molar-refractivity contribution in [2.24, 2.45) is 0 Å². The molecule has 1 aliphatic rings. The van der Waals surface area contributed by atoms with Gasteiger partial charge in [-0.05, 0) is 54.6 Å². The molecular formula is C25H30N6O3S. The van der Waals surface area contributed by atoms with Gasteiger partial charge in [-0.25, -0.2) is 4.79 Å². The Morgan fingerprint density at radius 2 is 1.94 bits per heavy atom. The molecule has 1 fully saturated rings. The maximum atomic E-state index is 12.6. The second-order valence-electron chi connectivity index (χ2n) is 8.28. The Bertz CT molecular complexity index is 1100. The van der Waals surface area contributed by atoms with E-state index in [9.17, 15) is 9.59 Å². The van der Waals surface area contributed by atoms with E-state index in [4.69, 9.17) is 10.5 Å². The first-order chi connectivity index (χ1) is 17.1. The Morgan fingerprint density at radius 1 is 1.11 bits per heavy atom. The molecule has 1 atom stereocenters. The lowest BCUT2D eigenvalue weighted by molar-refractivity contribution is 0.0369. The van der Waals surface area contributed by atoms with Crippen LogP contribution in [0.3, 0.4) is 0 Å². The molecule has 5 N–H and O–H groups in total. The summed E-state index contributed by atoms with van der Waals surface area (Å²) in [6.07, 6.45) is 3.29. The van der Waals surface area contributed by atoms with Crippen LogP contribution in [0.1, 0.15) is 34.9 Å². The van der Waals surface area contributed by atoms with Gasteiger partial charge in [-0.2, -0.15) is 11.3 Å². The molecule has 3 aromatic rings. The van der Waals surface area contributed by atoms with Gasteiger partial charge >= 0.3 is 6.03 Å². The number of morpholine rings is 1. The minimum absolute atomic E-state index is 0.246. The molecule has 1 aliphatic heterocycles. The summed E-state index contributed by atoms with van der Waals surface area (Å²) in [6, 6.07) is 11.9. The zero-order valence-electron chi connectivity index (χ0n) is 19.4. The van der Waals surface area contributed by atoms with E-state index in [1.54, 1.807) is 36.5 Å². The Hall–Kier alpha value is -3.47. The molecule has 0 bridgehead atoms. The monoisotopic (exact) mass is 494 g/mol. The minimum Gasteiger partial charge on any atom is -0.397 e. The molecule has 0 saturated carbocycles. The summed E-state index contributed by atoms with van der Waals surface area (Å²) in [4.78, 5) is 32.0. The number of hydrogen-bond donors (Lipinski definition) is 4. The van der Waals surface area contributed by atoms with Gasteiger partial charge in [0.1, 0.15) is 5.69 Å². The van der Waals surface area contributed by atoms with E-state index < -0.39 is 0 Å². The smallest absolute Gasteiger partial charge is 0.319 e. The van der Waals surface area contributed by atoms with Crippen molar-refractivity contribution in [3.8, 4) is 0 Å². The van der Waals surface area contributed by atoms with Crippen LogP contribution in [-0.4, -0.2) is 54.7 Å². The zero-order chi connectivity index (χ0) is 24.5. The zero-order valence-corrected chi connectivity index (χ0v) is 20.2. The highest BCUT2D eigenvalue weighted by Gasteiger charge is 2.18. The van der Waals surface area contributed by atoms with Crippen molar-refractivity contribution >= 4 is 40.3 Å². The van der Waals surface area contributed by atoms with Crippen LogP contribution in [0.2, 0.25) is 0 Å². The fraction of sp³-hybridized carbons (Fsp3) is 0.320. The predicted molar refractivity (Wildman–Crippen MR) is 139 cm³/mol. The molecule has 184 valence electrons. The fourth-order valence-corrected chi connectivity index (χ4v) is 4.46. The first-order valence-corrected chi connectivity index (χ1v) is 12.5. The Morgan fingerprint density at radius 3 is 2.66 bits per heavy atom. The van der Waals surface area contributed by atoms with Crippen LogP contribution >= 0.6 is 11.3 Å². The largest absolute Gasteiger partial charge is 0.397 e. The average molecular weight is 495 g/mol. The van der Waals surface area contributed by atoms with E-state index >= 15 is 0 Å². The third kappa shape index (κ3) is 7.25. The lowest BCUT2D eigenvalue weighted by Crippen LogP contribution is -2.37. The number of aromatic nitrogens is 1. The number of para-hydroxylation sites is 2. The quantitative estimate of drug-likeness (QED) is 0.334. The topological polar surface area (TPSA) is 122 Å². The molecular weight excluding hydrogens is 464 g/mol. The molecule has 0 radical (unpaired) electrons. The van der Waals surface area contributed by atoms with Crippen LogP contribution in [0.5, 0.6) is 0 Å². The van der Waals surface area contributed by atoms with Gasteiger partial charge in [-0.1, -0.05) is 18.2 Å². The number of ether oxygens (including phenoxy) is 1. The third-order valence-corrected chi connectivity index (χ3v) is 6.47. The molecule has 9 nitrogen and oxygen atoms in total. The molecule has 0 spiro atoms. The Kier molecular flexibility index (Phi) is 8.66. The highest BCUT2D eigenvalue weighted by molar-refractivity contribution is 7.08. The molecule has 10 heteroatoms. The third-order valence-electron chi connectivity index (χ3n) is 5.79. The summed E-state index contributed by atoms with van der Waals surface area (Å²) in [7, 11) is 0. The lowest BCUT2D eigenvalue weighted by atomic mass is 10.0. The van der Waals surface area contributed by atoms with E-state index in [0.29, 0.717) is 11.4 Å². The minimum atomic E-state index is -0.346. The molecule has 3 heterocycles. The van der Waals surface area contributed by atoms with Crippen molar-refractivity contribution in [2.75, 3.05) is 49.2 Å². The number of nitrogens with one attached hydrogen (secondary N) is 3. The van der Waals surface area contributed by atoms with Gasteiger partial charge in [0.25, 0.3) is 5.91 Å². The number of carbonyl (C=O) groups is 2. The van der Waals surface area contributed by atoms with Crippen molar-refractivity contribution < 1.29 is 14.3 Å². The summed E-state index contributed by atoms with van der Waals surface area (Å²) >= 11 is 1.52. The van der Waals surface area contributed by atoms with Crippen LogP contribution in [0.4, 0.5) is 21.9 Å². The number of thiophene rings is 1. The molecule has 1 saturated heterocycles. The van der Waals surface area contributed by atoms with Crippen molar-refractivity contribution in [1.82, 2.24) is 15.2 Å². The highest BCUT2D eigenvalue weighted by atomic mass is 32.1. The number of nitrogens with zero attached hydrogens (tertiary/aromatic N) is 2. The molecule has 2 aromatic heterocycles. The summed E-state index contributed by atoms with van der Waals surface area (Å²) < 4.78 is 5.42. The number of urea groups is 1. The Balaban J connectivity index is 1.40. The molecule has 35 heavy (non-hydrogen) atoms. The van der Waals surface area contributed by atoms with Gasteiger partial charge in [0, 0.05) is 24.7 Å². The number of rotatable bonds is 9. The first-order valence-electron chi connectivity index (χ1n) is 11.6. The number of benzene rings is 1. The second kappa shape index (κ2) is 12.3. The number of pyridine rings is 1. The average Bonchev–Trinajstić information content (AvgIpc) is 3.38. The number of carbonyl (C=O) groups excluding carboxylic acids is 2. The number of anilines is 3. The van der Waals surface area contributed by atoms with E-state index in [0.717, 1.165) is 56.9 Å². The van der Waals surface area contributed by atoms with Gasteiger partial charge in [-0.15, -0.1) is 0 Å². The standard InChI is InChI=1S/C25H30N6O3S/c26-20-4-1-2-5-22(20)29-24(32)23-8-7-18(16-27-23)21(6-3-10-31-11-13-34-14-12-31)30-25(33)28-19-9-15-35-17-19/h1-2,4-5,7-9,15-17,21H,3,6,10-14,26H2,(H,29,32)(H2,28,30,33). The summed E-state index contributed by atoms with van der Waals surface area (Å²) in [6.45, 7) is 4.29. The van der Waals surface area contributed by atoms with Gasteiger partial charge in [0.05, 0.1) is 36.3 Å². The van der Waals surface area contributed by atoms with Crippen LogP contribution in [0.25, 0.3) is 0 Å². The number of nitrogens with two attached hydrogens (primary N) is 1. The van der Waals surface area contributed by atoms with Crippen LogP contribution in [-0.2, 0) is 4.74 Å². The second-order valence-corrected chi connectivity index (χ2v) is 9.06. The number of hydrogen-bond acceptors (Lipinski definition) is 7. The summed E-state index contributed by atoms with van der Waals surface area (Å²) in [5.41, 5.74) is 8.80. The highest BCUT2D eigenvalue weighted by Crippen LogP contribution is 2.21. The first kappa shape index (κ1) is 24.6. The van der Waals surface area contributed by atoms with E-state index in [-0.39, 0.29) is 23.7 Å². The maximum Gasteiger partial charge on any atom is 0.319 e. The molecule has 1 unspecified atom stereocenters. The van der Waals surface area contributed by atoms with Crippen LogP contribution in [0.15, 0.2) is 59.4 Å². The lowest BCUT2D eigenvalue weighted by Gasteiger charge is -2.27. The predicted octanol–water partition coefficient (Wildman–Crippen LogP) is 3.95. The van der Waals surface area contributed by atoms with Crippen molar-refractivity contribution in [2.45, 2.75) is 18.9 Å². The fourth-order valence-electron chi connectivity index (χ4n) is 3.87. The number of amides is 3. The van der Waals surface area contributed by atoms with Crippen molar-refractivity contribution in [3.63, 3.8) is 0 Å². The number of nitrogen functional groups attached to an aromatic ring is 1. The Labute approximate surface area is 208 Å². The van der Waals surface area contributed by atoms with E-state index in [1.165, 1.54) is 11.3 Å². The molecule has 1 aromatic carbocycles.